The van der Waals surface area contributed by atoms with E-state index < -0.39 is 0 Å². The van der Waals surface area contributed by atoms with Crippen LogP contribution in [0.1, 0.15) is 31.2 Å². The highest BCUT2D eigenvalue weighted by atomic mass is 79.9. The summed E-state index contributed by atoms with van der Waals surface area (Å²) in [5.41, 5.74) is 1.94. The van der Waals surface area contributed by atoms with Crippen molar-refractivity contribution in [3.63, 3.8) is 0 Å². The van der Waals surface area contributed by atoms with Crippen LogP contribution in [0.2, 0.25) is 0 Å². The Kier molecular flexibility index (Phi) is 4.36. The van der Waals surface area contributed by atoms with Crippen LogP contribution >= 0.6 is 24.3 Å². The van der Waals surface area contributed by atoms with Gasteiger partial charge in [-0.3, -0.25) is 10.1 Å². The SMILES string of the molecule is N=PC1CCC(Br)C2CCC1N2Cc1ccccc1. The molecule has 2 heterocycles. The minimum absolute atomic E-state index is 0.538. The van der Waals surface area contributed by atoms with Gasteiger partial charge in [-0.15, -0.1) is 0 Å². The zero-order valence-electron chi connectivity index (χ0n) is 11.0. The smallest absolute Gasteiger partial charge is 0.0337 e. The summed E-state index contributed by atoms with van der Waals surface area (Å²) in [6, 6.07) is 12.1. The normalized spacial score (nSPS) is 35.4. The maximum Gasteiger partial charge on any atom is 0.0337 e. The van der Waals surface area contributed by atoms with Crippen LogP contribution in [0.3, 0.4) is 0 Å². The molecule has 3 rings (SSSR count). The molecule has 0 aliphatic carbocycles. The number of benzene rings is 1. The molecule has 2 saturated heterocycles. The highest BCUT2D eigenvalue weighted by molar-refractivity contribution is 9.09. The third kappa shape index (κ3) is 2.79. The molecule has 19 heavy (non-hydrogen) atoms. The van der Waals surface area contributed by atoms with Gasteiger partial charge in [0.05, 0.1) is 0 Å². The van der Waals surface area contributed by atoms with Gasteiger partial charge >= 0.3 is 0 Å². The molecule has 2 fully saturated rings. The number of nitrogens with zero attached hydrogens (tertiary/aromatic N) is 1. The number of hydrogen-bond donors (Lipinski definition) is 1. The van der Waals surface area contributed by atoms with E-state index in [4.69, 9.17) is 5.16 Å². The lowest BCUT2D eigenvalue weighted by molar-refractivity contribution is 0.192. The topological polar surface area (TPSA) is 27.1 Å². The summed E-state index contributed by atoms with van der Waals surface area (Å²) in [6.07, 6.45) is 4.99. The predicted molar refractivity (Wildman–Crippen MR) is 84.2 cm³/mol. The molecule has 1 aromatic rings. The van der Waals surface area contributed by atoms with E-state index in [1.165, 1.54) is 31.2 Å². The Balaban J connectivity index is 1.83. The zero-order valence-corrected chi connectivity index (χ0v) is 13.5. The molecular formula is C15H20BrN2P. The molecule has 1 N–H and O–H groups in total. The Morgan fingerprint density at radius 2 is 1.84 bits per heavy atom. The van der Waals surface area contributed by atoms with Crippen LogP contribution in [0.4, 0.5) is 0 Å². The van der Waals surface area contributed by atoms with Gasteiger partial charge in [0.2, 0.25) is 0 Å². The Bertz CT molecular complexity index is 439. The van der Waals surface area contributed by atoms with E-state index >= 15 is 0 Å². The first kappa shape index (κ1) is 13.7. The van der Waals surface area contributed by atoms with E-state index in [-0.39, 0.29) is 0 Å². The second-order valence-corrected chi connectivity index (χ2v) is 7.76. The van der Waals surface area contributed by atoms with Crippen molar-refractivity contribution < 1.29 is 0 Å². The van der Waals surface area contributed by atoms with Crippen molar-refractivity contribution in [1.82, 2.24) is 4.90 Å². The molecule has 4 unspecified atom stereocenters. The lowest BCUT2D eigenvalue weighted by Gasteiger charge is -2.31. The van der Waals surface area contributed by atoms with Crippen molar-refractivity contribution >= 4 is 24.3 Å². The summed E-state index contributed by atoms with van der Waals surface area (Å²) in [4.78, 5) is 3.28. The van der Waals surface area contributed by atoms with Crippen LogP contribution in [0, 0.1) is 5.16 Å². The average Bonchev–Trinajstić information content (AvgIpc) is 2.78. The molecule has 2 bridgehead atoms. The quantitative estimate of drug-likeness (QED) is 0.630. The highest BCUT2D eigenvalue weighted by Crippen LogP contribution is 2.42. The lowest BCUT2D eigenvalue weighted by atomic mass is 10.0. The minimum atomic E-state index is 0.538. The number of alkyl halides is 1. The van der Waals surface area contributed by atoms with Gasteiger partial charge in [-0.25, -0.2) is 0 Å². The fraction of sp³-hybridized carbons (Fsp3) is 0.600. The van der Waals surface area contributed by atoms with Crippen molar-refractivity contribution in [3.8, 4) is 0 Å². The summed E-state index contributed by atoms with van der Waals surface area (Å²) in [6.45, 7) is 1.05. The minimum Gasteiger partial charge on any atom is -0.291 e. The Hall–Kier alpha value is -0.240. The van der Waals surface area contributed by atoms with Crippen LogP contribution in [0.15, 0.2) is 30.3 Å². The fourth-order valence-electron chi connectivity index (χ4n) is 3.62. The standard InChI is InChI=1S/C15H20BrN2P/c16-12-6-9-15(19-17)14-8-7-13(12)18(14)10-11-4-2-1-3-5-11/h1-5,12-15,17H,6-10H2. The summed E-state index contributed by atoms with van der Waals surface area (Å²) in [5.74, 6) is 0. The molecule has 2 aliphatic heterocycles. The summed E-state index contributed by atoms with van der Waals surface area (Å²) < 4.78 is 0. The van der Waals surface area contributed by atoms with Gasteiger partial charge in [0.15, 0.2) is 0 Å². The van der Waals surface area contributed by atoms with Crippen LogP contribution in [0.5, 0.6) is 0 Å². The van der Waals surface area contributed by atoms with Gasteiger partial charge in [0, 0.05) is 37.5 Å². The largest absolute Gasteiger partial charge is 0.291 e. The monoisotopic (exact) mass is 338 g/mol. The summed E-state index contributed by atoms with van der Waals surface area (Å²) in [5, 5.41) is 7.81. The highest BCUT2D eigenvalue weighted by Gasteiger charge is 2.43. The van der Waals surface area contributed by atoms with E-state index in [2.05, 4.69) is 51.2 Å². The molecule has 2 nitrogen and oxygen atoms in total. The number of nitrogens with one attached hydrogen (secondary N) is 1. The van der Waals surface area contributed by atoms with Crippen molar-refractivity contribution in [3.05, 3.63) is 35.9 Å². The lowest BCUT2D eigenvalue weighted by Crippen LogP contribution is -2.40. The molecule has 0 spiro atoms. The Morgan fingerprint density at radius 1 is 1.11 bits per heavy atom. The summed E-state index contributed by atoms with van der Waals surface area (Å²) in [7, 11) is 0.831. The van der Waals surface area contributed by atoms with Crippen LogP contribution in [0.25, 0.3) is 0 Å². The van der Waals surface area contributed by atoms with Crippen LogP contribution in [-0.2, 0) is 6.54 Å². The zero-order chi connectivity index (χ0) is 13.2. The van der Waals surface area contributed by atoms with E-state index in [1.54, 1.807) is 0 Å². The maximum absolute atomic E-state index is 7.81. The molecule has 2 aliphatic rings. The maximum atomic E-state index is 7.81. The van der Waals surface area contributed by atoms with Crippen molar-refractivity contribution in [2.75, 3.05) is 0 Å². The molecule has 102 valence electrons. The van der Waals surface area contributed by atoms with Crippen molar-refractivity contribution in [1.29, 1.82) is 5.16 Å². The molecule has 4 heteroatoms. The third-order valence-electron chi connectivity index (χ3n) is 4.58. The molecular weight excluding hydrogens is 319 g/mol. The van der Waals surface area contributed by atoms with E-state index in [9.17, 15) is 0 Å². The van der Waals surface area contributed by atoms with E-state index in [0.717, 1.165) is 14.9 Å². The van der Waals surface area contributed by atoms with Gasteiger partial charge in [0.25, 0.3) is 0 Å². The fourth-order valence-corrected chi connectivity index (χ4v) is 5.22. The van der Waals surface area contributed by atoms with Crippen molar-refractivity contribution in [2.24, 2.45) is 0 Å². The number of fused-ring (bicyclic) bond motifs is 2. The van der Waals surface area contributed by atoms with Gasteiger partial charge in [-0.2, -0.15) is 0 Å². The second kappa shape index (κ2) is 6.03. The first-order valence-electron chi connectivity index (χ1n) is 7.10. The average molecular weight is 339 g/mol. The molecule has 1 aromatic carbocycles. The van der Waals surface area contributed by atoms with Crippen LogP contribution < -0.4 is 0 Å². The number of rotatable bonds is 3. The van der Waals surface area contributed by atoms with E-state index in [0.29, 0.717) is 22.6 Å². The van der Waals surface area contributed by atoms with Crippen molar-refractivity contribution in [2.45, 2.75) is 54.8 Å². The Labute approximate surface area is 125 Å². The number of halogens is 1. The third-order valence-corrected chi connectivity index (χ3v) is 6.59. The van der Waals surface area contributed by atoms with Crippen LogP contribution in [-0.4, -0.2) is 27.5 Å². The van der Waals surface area contributed by atoms with Gasteiger partial charge < -0.3 is 0 Å². The molecule has 0 amide bonds. The van der Waals surface area contributed by atoms with Gasteiger partial charge in [0.1, 0.15) is 0 Å². The first-order valence-corrected chi connectivity index (χ1v) is 8.98. The second-order valence-electron chi connectivity index (χ2n) is 5.66. The Morgan fingerprint density at radius 3 is 2.58 bits per heavy atom. The molecule has 0 radical (unpaired) electrons. The first-order chi connectivity index (χ1) is 9.29. The predicted octanol–water partition coefficient (Wildman–Crippen LogP) is 4.65. The summed E-state index contributed by atoms with van der Waals surface area (Å²) >= 11 is 3.90. The molecule has 4 atom stereocenters. The molecule has 0 saturated carbocycles. The van der Waals surface area contributed by atoms with E-state index in [1.807, 2.05) is 0 Å². The number of hydrogen-bond acceptors (Lipinski definition) is 2. The van der Waals surface area contributed by atoms with Gasteiger partial charge in [-0.1, -0.05) is 46.3 Å². The van der Waals surface area contributed by atoms with Gasteiger partial charge in [-0.05, 0) is 31.2 Å². The molecule has 0 aromatic heterocycles.